The zero-order valence-electron chi connectivity index (χ0n) is 16.2. The summed E-state index contributed by atoms with van der Waals surface area (Å²) in [5.74, 6) is 0.733. The average Bonchev–Trinajstić information content (AvgIpc) is 2.64. The minimum atomic E-state index is -0.487. The number of amides is 1. The van der Waals surface area contributed by atoms with Gasteiger partial charge in [0.2, 0.25) is 5.91 Å². The van der Waals surface area contributed by atoms with Crippen molar-refractivity contribution in [1.29, 1.82) is 0 Å². The fraction of sp³-hybridized carbons (Fsp3) is 0.579. The summed E-state index contributed by atoms with van der Waals surface area (Å²) in [6.45, 7) is 9.30. The van der Waals surface area contributed by atoms with Crippen LogP contribution in [0.3, 0.4) is 0 Å². The van der Waals surface area contributed by atoms with Crippen LogP contribution in [0.4, 0.5) is 5.69 Å². The van der Waals surface area contributed by atoms with Crippen molar-refractivity contribution in [2.75, 3.05) is 45.2 Å². The SMILES string of the molecule is CCN(CCCNC(=NC)NCC(C)(C)C(=O)NC)c1ccccc1. The number of nitrogens with one attached hydrogen (secondary N) is 3. The highest BCUT2D eigenvalue weighted by molar-refractivity contribution is 5.84. The van der Waals surface area contributed by atoms with E-state index in [1.165, 1.54) is 5.69 Å². The van der Waals surface area contributed by atoms with Gasteiger partial charge >= 0.3 is 0 Å². The highest BCUT2D eigenvalue weighted by Crippen LogP contribution is 2.13. The van der Waals surface area contributed by atoms with Gasteiger partial charge in [0, 0.05) is 46.0 Å². The zero-order valence-corrected chi connectivity index (χ0v) is 16.2. The van der Waals surface area contributed by atoms with Crippen LogP contribution in [-0.4, -0.2) is 52.1 Å². The van der Waals surface area contributed by atoms with Crippen molar-refractivity contribution < 1.29 is 4.79 Å². The van der Waals surface area contributed by atoms with Crippen LogP contribution in [0.15, 0.2) is 35.3 Å². The van der Waals surface area contributed by atoms with Crippen LogP contribution in [0, 0.1) is 5.41 Å². The van der Waals surface area contributed by atoms with Crippen LogP contribution < -0.4 is 20.9 Å². The molecule has 25 heavy (non-hydrogen) atoms. The molecule has 0 unspecified atom stereocenters. The van der Waals surface area contributed by atoms with Gasteiger partial charge in [-0.1, -0.05) is 18.2 Å². The van der Waals surface area contributed by atoms with E-state index in [4.69, 9.17) is 0 Å². The highest BCUT2D eigenvalue weighted by Gasteiger charge is 2.26. The maximum absolute atomic E-state index is 11.8. The Bertz CT molecular complexity index is 542. The second-order valence-electron chi connectivity index (χ2n) is 6.58. The van der Waals surface area contributed by atoms with E-state index < -0.39 is 5.41 Å². The van der Waals surface area contributed by atoms with Gasteiger partial charge in [0.05, 0.1) is 5.41 Å². The van der Waals surface area contributed by atoms with Crippen LogP contribution in [0.25, 0.3) is 0 Å². The van der Waals surface area contributed by atoms with Crippen LogP contribution >= 0.6 is 0 Å². The van der Waals surface area contributed by atoms with Crippen molar-refractivity contribution in [2.45, 2.75) is 27.2 Å². The quantitative estimate of drug-likeness (QED) is 0.362. The van der Waals surface area contributed by atoms with Gasteiger partial charge in [-0.25, -0.2) is 0 Å². The smallest absolute Gasteiger partial charge is 0.227 e. The molecule has 6 heteroatoms. The average molecular weight is 348 g/mol. The summed E-state index contributed by atoms with van der Waals surface area (Å²) in [5, 5.41) is 9.22. The molecule has 0 aliphatic rings. The number of hydrogen-bond donors (Lipinski definition) is 3. The topological polar surface area (TPSA) is 68.8 Å². The first-order valence-electron chi connectivity index (χ1n) is 8.91. The Morgan fingerprint density at radius 3 is 2.44 bits per heavy atom. The van der Waals surface area contributed by atoms with E-state index in [2.05, 4.69) is 57.0 Å². The van der Waals surface area contributed by atoms with Crippen molar-refractivity contribution in [3.8, 4) is 0 Å². The largest absolute Gasteiger partial charge is 0.372 e. The lowest BCUT2D eigenvalue weighted by Crippen LogP contribution is -2.47. The predicted molar refractivity (Wildman–Crippen MR) is 106 cm³/mol. The van der Waals surface area contributed by atoms with Gasteiger partial charge < -0.3 is 20.9 Å². The van der Waals surface area contributed by atoms with E-state index in [-0.39, 0.29) is 5.91 Å². The molecule has 0 fully saturated rings. The highest BCUT2D eigenvalue weighted by atomic mass is 16.2. The first kappa shape index (κ1) is 20.8. The number of carbonyl (C=O) groups is 1. The number of anilines is 1. The molecule has 0 radical (unpaired) electrons. The molecule has 0 heterocycles. The minimum Gasteiger partial charge on any atom is -0.372 e. The Balaban J connectivity index is 2.37. The molecule has 1 aromatic rings. The Hall–Kier alpha value is -2.24. The van der Waals surface area contributed by atoms with Gasteiger partial charge in [-0.15, -0.1) is 0 Å². The van der Waals surface area contributed by atoms with E-state index >= 15 is 0 Å². The van der Waals surface area contributed by atoms with Crippen molar-refractivity contribution in [2.24, 2.45) is 10.4 Å². The number of benzene rings is 1. The molecule has 0 saturated heterocycles. The number of rotatable bonds is 9. The molecular weight excluding hydrogens is 314 g/mol. The molecule has 140 valence electrons. The monoisotopic (exact) mass is 347 g/mol. The molecule has 0 saturated carbocycles. The number of para-hydroxylation sites is 1. The van der Waals surface area contributed by atoms with Gasteiger partial charge in [0.1, 0.15) is 0 Å². The lowest BCUT2D eigenvalue weighted by Gasteiger charge is -2.25. The molecule has 0 aliphatic heterocycles. The van der Waals surface area contributed by atoms with Crippen LogP contribution in [0.1, 0.15) is 27.2 Å². The molecule has 0 atom stereocenters. The van der Waals surface area contributed by atoms with E-state index in [1.54, 1.807) is 14.1 Å². The van der Waals surface area contributed by atoms with Gasteiger partial charge in [0.15, 0.2) is 5.96 Å². The normalized spacial score (nSPS) is 11.8. The third kappa shape index (κ3) is 7.03. The molecule has 0 bridgehead atoms. The fourth-order valence-electron chi connectivity index (χ4n) is 2.53. The predicted octanol–water partition coefficient (Wildman–Crippen LogP) is 1.84. The Morgan fingerprint density at radius 2 is 1.88 bits per heavy atom. The van der Waals surface area contributed by atoms with Gasteiger partial charge in [-0.2, -0.15) is 0 Å². The van der Waals surface area contributed by atoms with E-state index in [0.717, 1.165) is 32.0 Å². The molecule has 1 aromatic carbocycles. The number of aliphatic imine (C=N–C) groups is 1. The summed E-state index contributed by atoms with van der Waals surface area (Å²) < 4.78 is 0. The summed E-state index contributed by atoms with van der Waals surface area (Å²) >= 11 is 0. The lowest BCUT2D eigenvalue weighted by molar-refractivity contribution is -0.128. The second-order valence-corrected chi connectivity index (χ2v) is 6.58. The standard InChI is InChI=1S/C19H33N5O/c1-6-24(16-11-8-7-9-12-16)14-10-13-22-18(21-5)23-15-19(2,3)17(25)20-4/h7-9,11-12H,6,10,13-15H2,1-5H3,(H,20,25)(H2,21,22,23). The summed E-state index contributed by atoms with van der Waals surface area (Å²) in [7, 11) is 3.40. The Kier molecular flexibility index (Phi) is 8.81. The lowest BCUT2D eigenvalue weighted by atomic mass is 9.92. The van der Waals surface area contributed by atoms with Gasteiger partial charge in [-0.05, 0) is 39.3 Å². The molecule has 0 aromatic heterocycles. The first-order valence-corrected chi connectivity index (χ1v) is 8.91. The van der Waals surface area contributed by atoms with Crippen molar-refractivity contribution >= 4 is 17.6 Å². The van der Waals surface area contributed by atoms with Crippen molar-refractivity contribution in [3.63, 3.8) is 0 Å². The summed E-state index contributed by atoms with van der Waals surface area (Å²) in [5.41, 5.74) is 0.762. The third-order valence-electron chi connectivity index (χ3n) is 4.16. The Morgan fingerprint density at radius 1 is 1.20 bits per heavy atom. The van der Waals surface area contributed by atoms with Crippen LogP contribution in [0.2, 0.25) is 0 Å². The summed E-state index contributed by atoms with van der Waals surface area (Å²) in [6, 6.07) is 10.4. The molecule has 1 amide bonds. The number of carbonyl (C=O) groups excluding carboxylic acids is 1. The molecule has 0 spiro atoms. The molecule has 0 aliphatic carbocycles. The van der Waals surface area contributed by atoms with Gasteiger partial charge in [-0.3, -0.25) is 9.79 Å². The Labute approximate surface area is 152 Å². The van der Waals surface area contributed by atoms with Crippen molar-refractivity contribution in [1.82, 2.24) is 16.0 Å². The van der Waals surface area contributed by atoms with Gasteiger partial charge in [0.25, 0.3) is 0 Å². The zero-order chi connectivity index (χ0) is 18.7. The maximum atomic E-state index is 11.8. The third-order valence-corrected chi connectivity index (χ3v) is 4.16. The second kappa shape index (κ2) is 10.6. The van der Waals surface area contributed by atoms with E-state index in [1.807, 2.05) is 19.9 Å². The summed E-state index contributed by atoms with van der Waals surface area (Å²) in [6.07, 6.45) is 1.00. The van der Waals surface area contributed by atoms with Crippen molar-refractivity contribution in [3.05, 3.63) is 30.3 Å². The number of hydrogen-bond acceptors (Lipinski definition) is 3. The van der Waals surface area contributed by atoms with Crippen LogP contribution in [-0.2, 0) is 4.79 Å². The molecular formula is C19H33N5O. The number of nitrogens with zero attached hydrogens (tertiary/aromatic N) is 2. The van der Waals surface area contributed by atoms with Crippen LogP contribution in [0.5, 0.6) is 0 Å². The minimum absolute atomic E-state index is 0.0110. The molecule has 6 nitrogen and oxygen atoms in total. The molecule has 3 N–H and O–H groups in total. The first-order chi connectivity index (χ1) is 11.9. The summed E-state index contributed by atoms with van der Waals surface area (Å²) in [4.78, 5) is 18.4. The molecule has 1 rings (SSSR count). The van der Waals surface area contributed by atoms with E-state index in [9.17, 15) is 4.79 Å². The fourth-order valence-corrected chi connectivity index (χ4v) is 2.53. The maximum Gasteiger partial charge on any atom is 0.227 e. The van der Waals surface area contributed by atoms with E-state index in [0.29, 0.717) is 6.54 Å². The number of guanidine groups is 1.